The van der Waals surface area contributed by atoms with Crippen LogP contribution in [0.4, 0.5) is 5.69 Å². The number of benzene rings is 2. The van der Waals surface area contributed by atoms with E-state index >= 15 is 0 Å². The average Bonchev–Trinajstić information content (AvgIpc) is 2.66. The number of ketones is 1. The predicted molar refractivity (Wildman–Crippen MR) is 92.2 cm³/mol. The average molecular weight is 354 g/mol. The molecule has 0 amide bonds. The molecule has 2 rings (SSSR count). The molecule has 2 aromatic rings. The van der Waals surface area contributed by atoms with Crippen LogP contribution in [0.2, 0.25) is 0 Å². The molecule has 0 atom stereocenters. The quantitative estimate of drug-likeness (QED) is 0.278. The van der Waals surface area contributed by atoms with Crippen LogP contribution in [0.25, 0.3) is 6.08 Å². The molecule has 0 heterocycles. The number of carbonyl (C=O) groups excluding carboxylic acids is 1. The summed E-state index contributed by atoms with van der Waals surface area (Å²) in [7, 11) is 2.70. The number of nitro groups is 1. The van der Waals surface area contributed by atoms with Gasteiger partial charge < -0.3 is 14.6 Å². The normalized spacial score (nSPS) is 10.7. The molecule has 8 nitrogen and oxygen atoms in total. The minimum absolute atomic E-state index is 0.0182. The largest absolute Gasteiger partial charge is 0.502 e. The predicted octanol–water partition coefficient (Wildman–Crippen LogP) is 3.11. The van der Waals surface area contributed by atoms with Gasteiger partial charge >= 0.3 is 0 Å². The Morgan fingerprint density at radius 2 is 1.85 bits per heavy atom. The van der Waals surface area contributed by atoms with E-state index in [9.17, 15) is 25.3 Å². The number of ether oxygens (including phenoxy) is 2. The molecule has 132 valence electrons. The van der Waals surface area contributed by atoms with Crippen molar-refractivity contribution in [2.45, 2.75) is 0 Å². The van der Waals surface area contributed by atoms with Gasteiger partial charge in [0, 0.05) is 17.7 Å². The SMILES string of the molecule is COc1cc(/C=C(\C#N)C(=O)c2cccc([N+](=O)[O-])c2)cc(OC)c1O. The first kappa shape index (κ1) is 18.5. The van der Waals surface area contributed by atoms with Crippen LogP contribution in [0, 0.1) is 21.4 Å². The van der Waals surface area contributed by atoms with E-state index in [1.807, 2.05) is 0 Å². The van der Waals surface area contributed by atoms with Gasteiger partial charge in [-0.3, -0.25) is 14.9 Å². The summed E-state index contributed by atoms with van der Waals surface area (Å²) in [4.78, 5) is 22.7. The third-order valence-corrected chi connectivity index (χ3v) is 3.50. The summed E-state index contributed by atoms with van der Waals surface area (Å²) in [6.07, 6.45) is 1.28. The number of phenols is 1. The molecule has 0 aliphatic heterocycles. The molecule has 0 radical (unpaired) electrons. The van der Waals surface area contributed by atoms with E-state index in [0.717, 1.165) is 6.07 Å². The van der Waals surface area contributed by atoms with E-state index in [-0.39, 0.29) is 34.1 Å². The van der Waals surface area contributed by atoms with E-state index in [1.54, 1.807) is 6.07 Å². The number of nitro benzene ring substituents is 1. The van der Waals surface area contributed by atoms with Crippen LogP contribution in [0.5, 0.6) is 17.2 Å². The molecule has 1 N–H and O–H groups in total. The molecule has 0 aliphatic carbocycles. The standard InChI is InChI=1S/C18H14N2O6/c1-25-15-7-11(8-16(26-2)18(15)22)6-13(10-19)17(21)12-4-3-5-14(9-12)20(23)24/h3-9,22H,1-2H3/b13-6+. The van der Waals surface area contributed by atoms with Crippen molar-refractivity contribution >= 4 is 17.5 Å². The summed E-state index contributed by atoms with van der Waals surface area (Å²) < 4.78 is 10.1. The zero-order valence-electron chi connectivity index (χ0n) is 13.9. The molecule has 0 unspecified atom stereocenters. The van der Waals surface area contributed by atoms with Crippen molar-refractivity contribution in [3.63, 3.8) is 0 Å². The first-order chi connectivity index (χ1) is 12.4. The number of hydrogen-bond donors (Lipinski definition) is 1. The third-order valence-electron chi connectivity index (χ3n) is 3.50. The number of non-ortho nitro benzene ring substituents is 1. The maximum Gasteiger partial charge on any atom is 0.270 e. The lowest BCUT2D eigenvalue weighted by atomic mass is 10.0. The number of nitrogens with zero attached hydrogens (tertiary/aromatic N) is 2. The van der Waals surface area contributed by atoms with Gasteiger partial charge in [0.15, 0.2) is 11.5 Å². The number of methoxy groups -OCH3 is 2. The van der Waals surface area contributed by atoms with Crippen molar-refractivity contribution in [1.82, 2.24) is 0 Å². The number of carbonyl (C=O) groups is 1. The van der Waals surface area contributed by atoms with Crippen LogP contribution in [0.3, 0.4) is 0 Å². The zero-order chi connectivity index (χ0) is 19.3. The summed E-state index contributed by atoms with van der Waals surface area (Å²) in [6.45, 7) is 0. The monoisotopic (exact) mass is 354 g/mol. The van der Waals surface area contributed by atoms with Gasteiger partial charge in [-0.05, 0) is 23.8 Å². The van der Waals surface area contributed by atoms with Crippen molar-refractivity contribution in [1.29, 1.82) is 5.26 Å². The number of nitriles is 1. The summed E-state index contributed by atoms with van der Waals surface area (Å²) in [5, 5.41) is 30.1. The van der Waals surface area contributed by atoms with Crippen molar-refractivity contribution in [2.24, 2.45) is 0 Å². The molecular formula is C18H14N2O6. The van der Waals surface area contributed by atoms with Gasteiger partial charge in [-0.2, -0.15) is 5.26 Å². The molecule has 0 spiro atoms. The van der Waals surface area contributed by atoms with Crippen LogP contribution >= 0.6 is 0 Å². The smallest absolute Gasteiger partial charge is 0.270 e. The lowest BCUT2D eigenvalue weighted by Crippen LogP contribution is -2.03. The Balaban J connectivity index is 2.48. The van der Waals surface area contributed by atoms with E-state index in [0.29, 0.717) is 5.56 Å². The minimum atomic E-state index is -0.665. The number of hydrogen-bond acceptors (Lipinski definition) is 7. The number of phenolic OH excluding ortho intramolecular Hbond substituents is 1. The van der Waals surface area contributed by atoms with Crippen LogP contribution in [0.1, 0.15) is 15.9 Å². The number of allylic oxidation sites excluding steroid dienone is 1. The molecule has 26 heavy (non-hydrogen) atoms. The molecule has 0 aromatic heterocycles. The Morgan fingerprint density at radius 3 is 2.35 bits per heavy atom. The maximum absolute atomic E-state index is 12.5. The van der Waals surface area contributed by atoms with Gasteiger partial charge in [-0.15, -0.1) is 0 Å². The summed E-state index contributed by atoms with van der Waals surface area (Å²) >= 11 is 0. The van der Waals surface area contributed by atoms with Gasteiger partial charge in [0.2, 0.25) is 11.5 Å². The lowest BCUT2D eigenvalue weighted by molar-refractivity contribution is -0.384. The van der Waals surface area contributed by atoms with E-state index in [1.165, 1.54) is 50.6 Å². The number of rotatable bonds is 6. The molecule has 0 saturated carbocycles. The highest BCUT2D eigenvalue weighted by molar-refractivity contribution is 6.14. The Kier molecular flexibility index (Phi) is 5.55. The summed E-state index contributed by atoms with van der Waals surface area (Å²) in [5.74, 6) is -0.663. The second-order valence-electron chi connectivity index (χ2n) is 5.08. The fraction of sp³-hybridized carbons (Fsp3) is 0.111. The highest BCUT2D eigenvalue weighted by Crippen LogP contribution is 2.37. The van der Waals surface area contributed by atoms with Gasteiger partial charge in [-0.1, -0.05) is 12.1 Å². The summed E-state index contributed by atoms with van der Waals surface area (Å²) in [5.41, 5.74) is -0.0852. The van der Waals surface area contributed by atoms with Crippen LogP contribution < -0.4 is 9.47 Å². The Hall–Kier alpha value is -3.86. The van der Waals surface area contributed by atoms with Crippen molar-refractivity contribution < 1.29 is 24.3 Å². The third kappa shape index (κ3) is 3.79. The fourth-order valence-corrected chi connectivity index (χ4v) is 2.23. The van der Waals surface area contributed by atoms with Gasteiger partial charge in [0.1, 0.15) is 11.6 Å². The van der Waals surface area contributed by atoms with Gasteiger partial charge in [0.05, 0.1) is 19.1 Å². The first-order valence-electron chi connectivity index (χ1n) is 7.27. The number of Topliss-reactive ketones (excluding diaryl/α,β-unsaturated/α-hetero) is 1. The van der Waals surface area contributed by atoms with E-state index in [2.05, 4.69) is 0 Å². The zero-order valence-corrected chi connectivity index (χ0v) is 13.9. The van der Waals surface area contributed by atoms with Crippen molar-refractivity contribution in [2.75, 3.05) is 14.2 Å². The summed E-state index contributed by atoms with van der Waals surface area (Å²) in [6, 6.07) is 9.75. The molecule has 0 bridgehead atoms. The van der Waals surface area contributed by atoms with Gasteiger partial charge in [0.25, 0.3) is 5.69 Å². The first-order valence-corrected chi connectivity index (χ1v) is 7.27. The molecule has 0 aliphatic rings. The minimum Gasteiger partial charge on any atom is -0.502 e. The number of aromatic hydroxyl groups is 1. The highest BCUT2D eigenvalue weighted by atomic mass is 16.6. The Labute approximate surface area is 148 Å². The topological polar surface area (TPSA) is 123 Å². The van der Waals surface area contributed by atoms with E-state index < -0.39 is 10.7 Å². The second kappa shape index (κ2) is 7.81. The fourth-order valence-electron chi connectivity index (χ4n) is 2.23. The maximum atomic E-state index is 12.5. The molecule has 8 heteroatoms. The Morgan fingerprint density at radius 1 is 1.23 bits per heavy atom. The van der Waals surface area contributed by atoms with Crippen LogP contribution in [-0.2, 0) is 0 Å². The van der Waals surface area contributed by atoms with Gasteiger partial charge in [-0.25, -0.2) is 0 Å². The lowest BCUT2D eigenvalue weighted by Gasteiger charge is -2.09. The molecular weight excluding hydrogens is 340 g/mol. The molecule has 0 saturated heterocycles. The van der Waals surface area contributed by atoms with Crippen molar-refractivity contribution in [3.8, 4) is 23.3 Å². The second-order valence-corrected chi connectivity index (χ2v) is 5.08. The van der Waals surface area contributed by atoms with Crippen LogP contribution in [-0.4, -0.2) is 30.0 Å². The molecule has 0 fully saturated rings. The molecule has 2 aromatic carbocycles. The van der Waals surface area contributed by atoms with Crippen LogP contribution in [0.15, 0.2) is 42.0 Å². The van der Waals surface area contributed by atoms with E-state index in [4.69, 9.17) is 9.47 Å². The van der Waals surface area contributed by atoms with Crippen molar-refractivity contribution in [3.05, 3.63) is 63.2 Å². The highest BCUT2D eigenvalue weighted by Gasteiger charge is 2.17. The Bertz CT molecular complexity index is 918.